The lowest BCUT2D eigenvalue weighted by atomic mass is 9.94. The molecule has 1 aromatic carbocycles. The van der Waals surface area contributed by atoms with Gasteiger partial charge in [0.15, 0.2) is 0 Å². The fourth-order valence-electron chi connectivity index (χ4n) is 1.90. The summed E-state index contributed by atoms with van der Waals surface area (Å²) in [6, 6.07) is 7.19. The lowest BCUT2D eigenvalue weighted by molar-refractivity contribution is -0.136. The fraction of sp³-hybridized carbons (Fsp3) is 0.500. The summed E-state index contributed by atoms with van der Waals surface area (Å²) in [4.78, 5) is 25.0. The molecule has 0 spiro atoms. The third-order valence-electron chi connectivity index (χ3n) is 2.89. The molecule has 0 atom stereocenters. The van der Waals surface area contributed by atoms with Crippen molar-refractivity contribution in [2.75, 3.05) is 18.1 Å². The number of nitrogens with zero attached hydrogens (tertiary/aromatic N) is 1. The molecule has 116 valence electrons. The highest BCUT2D eigenvalue weighted by Gasteiger charge is 2.30. The second kappa shape index (κ2) is 7.11. The quantitative estimate of drug-likeness (QED) is 0.875. The average molecular weight is 293 g/mol. The van der Waals surface area contributed by atoms with Gasteiger partial charge in [-0.1, -0.05) is 32.9 Å². The molecule has 0 fully saturated rings. The van der Waals surface area contributed by atoms with Crippen molar-refractivity contribution in [2.24, 2.45) is 5.41 Å². The molecule has 0 aliphatic heterocycles. The zero-order chi connectivity index (χ0) is 16.0. The predicted molar refractivity (Wildman–Crippen MR) is 81.7 cm³/mol. The predicted octanol–water partition coefficient (Wildman–Crippen LogP) is 2.94. The first-order chi connectivity index (χ1) is 9.77. The van der Waals surface area contributed by atoms with E-state index in [2.05, 4.69) is 0 Å². The number of benzene rings is 1. The van der Waals surface area contributed by atoms with E-state index in [9.17, 15) is 9.59 Å². The Balaban J connectivity index is 3.17. The van der Waals surface area contributed by atoms with E-state index in [4.69, 9.17) is 9.84 Å². The number of hydrogen-bond donors (Lipinski definition) is 1. The van der Waals surface area contributed by atoms with Crippen molar-refractivity contribution in [1.82, 2.24) is 0 Å². The molecule has 0 aliphatic carbocycles. The van der Waals surface area contributed by atoms with Crippen molar-refractivity contribution in [3.63, 3.8) is 0 Å². The summed E-state index contributed by atoms with van der Waals surface area (Å²) >= 11 is 0. The maximum Gasteiger partial charge on any atom is 0.305 e. The van der Waals surface area contributed by atoms with Gasteiger partial charge >= 0.3 is 5.97 Å². The molecule has 5 heteroatoms. The number of carbonyl (C=O) groups excluding carboxylic acids is 1. The zero-order valence-corrected chi connectivity index (χ0v) is 13.0. The van der Waals surface area contributed by atoms with Gasteiger partial charge in [0, 0.05) is 12.0 Å². The highest BCUT2D eigenvalue weighted by atomic mass is 16.5. The largest absolute Gasteiger partial charge is 0.492 e. The average Bonchev–Trinajstić information content (AvgIpc) is 2.39. The molecule has 5 nitrogen and oxygen atoms in total. The van der Waals surface area contributed by atoms with Crippen LogP contribution in [0.5, 0.6) is 5.75 Å². The Bertz CT molecular complexity index is 505. The molecule has 0 aromatic heterocycles. The van der Waals surface area contributed by atoms with E-state index in [0.717, 1.165) is 0 Å². The van der Waals surface area contributed by atoms with Crippen LogP contribution in [-0.2, 0) is 9.59 Å². The number of para-hydroxylation sites is 2. The number of anilines is 1. The molecular weight excluding hydrogens is 270 g/mol. The van der Waals surface area contributed by atoms with Crippen molar-refractivity contribution in [1.29, 1.82) is 0 Å². The van der Waals surface area contributed by atoms with Crippen molar-refractivity contribution in [3.05, 3.63) is 24.3 Å². The molecule has 0 aliphatic rings. The smallest absolute Gasteiger partial charge is 0.305 e. The summed E-state index contributed by atoms with van der Waals surface area (Å²) in [5.41, 5.74) is 0.0122. The van der Waals surface area contributed by atoms with Gasteiger partial charge in [0.2, 0.25) is 5.91 Å². The molecule has 1 aromatic rings. The second-order valence-corrected chi connectivity index (χ2v) is 5.75. The molecular formula is C16H23NO4. The van der Waals surface area contributed by atoms with Crippen LogP contribution in [0, 0.1) is 5.41 Å². The first kappa shape index (κ1) is 17.0. The molecule has 0 saturated heterocycles. The first-order valence-corrected chi connectivity index (χ1v) is 7.03. The van der Waals surface area contributed by atoms with Gasteiger partial charge in [-0.3, -0.25) is 9.59 Å². The molecule has 1 amide bonds. The molecule has 21 heavy (non-hydrogen) atoms. The van der Waals surface area contributed by atoms with Crippen molar-refractivity contribution in [3.8, 4) is 5.75 Å². The maximum absolute atomic E-state index is 12.6. The fourth-order valence-corrected chi connectivity index (χ4v) is 1.90. The number of hydrogen-bond acceptors (Lipinski definition) is 3. The summed E-state index contributed by atoms with van der Waals surface area (Å²) in [5.74, 6) is -0.477. The van der Waals surface area contributed by atoms with Crippen LogP contribution < -0.4 is 9.64 Å². The Morgan fingerprint density at radius 1 is 1.24 bits per heavy atom. The summed E-state index contributed by atoms with van der Waals surface area (Å²) in [6.07, 6.45) is -0.109. The van der Waals surface area contributed by atoms with E-state index in [1.807, 2.05) is 39.8 Å². The monoisotopic (exact) mass is 293 g/mol. The Labute approximate surface area is 125 Å². The number of ether oxygens (including phenoxy) is 1. The van der Waals surface area contributed by atoms with Gasteiger partial charge in [0.25, 0.3) is 0 Å². The van der Waals surface area contributed by atoms with E-state index in [0.29, 0.717) is 18.0 Å². The normalized spacial score (nSPS) is 11.0. The van der Waals surface area contributed by atoms with Crippen LogP contribution in [0.1, 0.15) is 34.1 Å². The number of aliphatic carboxylic acids is 1. The minimum absolute atomic E-state index is 0.109. The van der Waals surface area contributed by atoms with E-state index < -0.39 is 11.4 Å². The highest BCUT2D eigenvalue weighted by molar-refractivity contribution is 5.98. The van der Waals surface area contributed by atoms with Crippen LogP contribution in [0.3, 0.4) is 0 Å². The Hall–Kier alpha value is -2.04. The number of carboxylic acid groups (broad SMARTS) is 1. The van der Waals surface area contributed by atoms with Crippen LogP contribution in [0.2, 0.25) is 0 Å². The third-order valence-corrected chi connectivity index (χ3v) is 2.89. The van der Waals surface area contributed by atoms with Gasteiger partial charge in [0.1, 0.15) is 5.75 Å². The van der Waals surface area contributed by atoms with E-state index >= 15 is 0 Å². The minimum Gasteiger partial charge on any atom is -0.492 e. The molecule has 0 radical (unpaired) electrons. The van der Waals surface area contributed by atoms with Gasteiger partial charge in [-0.15, -0.1) is 0 Å². The standard InChI is InChI=1S/C16H23NO4/c1-5-21-13-9-7-6-8-12(13)17(11-10-14(18)19)15(20)16(2,3)4/h6-9H,5,10-11H2,1-4H3,(H,18,19). The van der Waals surface area contributed by atoms with Crippen LogP contribution in [-0.4, -0.2) is 30.1 Å². The van der Waals surface area contributed by atoms with Crippen molar-refractivity contribution in [2.45, 2.75) is 34.1 Å². The van der Waals surface area contributed by atoms with Gasteiger partial charge in [-0.25, -0.2) is 0 Å². The first-order valence-electron chi connectivity index (χ1n) is 7.03. The van der Waals surface area contributed by atoms with E-state index in [1.54, 1.807) is 12.1 Å². The van der Waals surface area contributed by atoms with Crippen LogP contribution >= 0.6 is 0 Å². The van der Waals surface area contributed by atoms with Gasteiger partial charge < -0.3 is 14.7 Å². The minimum atomic E-state index is -0.935. The summed E-state index contributed by atoms with van der Waals surface area (Å²) in [7, 11) is 0. The third kappa shape index (κ3) is 4.77. The van der Waals surface area contributed by atoms with Crippen LogP contribution in [0.4, 0.5) is 5.69 Å². The summed E-state index contributed by atoms with van der Waals surface area (Å²) in [6.45, 7) is 7.90. The number of carbonyl (C=O) groups is 2. The second-order valence-electron chi connectivity index (χ2n) is 5.75. The summed E-state index contributed by atoms with van der Waals surface area (Å²) < 4.78 is 5.55. The number of carboxylic acids is 1. The molecule has 0 bridgehead atoms. The lowest BCUT2D eigenvalue weighted by Crippen LogP contribution is -2.41. The van der Waals surface area contributed by atoms with Crippen LogP contribution in [0.25, 0.3) is 0 Å². The van der Waals surface area contributed by atoms with Gasteiger partial charge in [-0.2, -0.15) is 0 Å². The zero-order valence-electron chi connectivity index (χ0n) is 13.0. The molecule has 0 heterocycles. The molecule has 0 saturated carbocycles. The number of rotatable bonds is 6. The Morgan fingerprint density at radius 3 is 2.38 bits per heavy atom. The van der Waals surface area contributed by atoms with E-state index in [-0.39, 0.29) is 18.9 Å². The topological polar surface area (TPSA) is 66.8 Å². The SMILES string of the molecule is CCOc1ccccc1N(CCC(=O)O)C(=O)C(C)(C)C. The van der Waals surface area contributed by atoms with Gasteiger partial charge in [-0.05, 0) is 19.1 Å². The van der Waals surface area contributed by atoms with Crippen molar-refractivity contribution < 1.29 is 19.4 Å². The van der Waals surface area contributed by atoms with Crippen molar-refractivity contribution >= 4 is 17.6 Å². The molecule has 0 unspecified atom stereocenters. The molecule has 1 N–H and O–H groups in total. The highest BCUT2D eigenvalue weighted by Crippen LogP contribution is 2.31. The maximum atomic E-state index is 12.6. The van der Waals surface area contributed by atoms with Gasteiger partial charge in [0.05, 0.1) is 18.7 Å². The van der Waals surface area contributed by atoms with E-state index in [1.165, 1.54) is 4.90 Å². The Kier molecular flexibility index (Phi) is 5.76. The number of amides is 1. The summed E-state index contributed by atoms with van der Waals surface area (Å²) in [5, 5.41) is 8.90. The van der Waals surface area contributed by atoms with Crippen LogP contribution in [0.15, 0.2) is 24.3 Å². The Morgan fingerprint density at radius 2 is 1.86 bits per heavy atom. The lowest BCUT2D eigenvalue weighted by Gasteiger charge is -2.30. The molecule has 1 rings (SSSR count).